The van der Waals surface area contributed by atoms with Crippen LogP contribution in [0.2, 0.25) is 0 Å². The summed E-state index contributed by atoms with van der Waals surface area (Å²) in [4.78, 5) is 42.4. The number of hydrogen-bond acceptors (Lipinski definition) is 4. The van der Waals surface area contributed by atoms with E-state index >= 15 is 0 Å². The summed E-state index contributed by atoms with van der Waals surface area (Å²) in [6.07, 6.45) is 2.06. The lowest BCUT2D eigenvalue weighted by molar-refractivity contribution is -0.147. The second-order valence-electron chi connectivity index (χ2n) is 7.51. The minimum absolute atomic E-state index is 0.0469. The molecule has 27 heavy (non-hydrogen) atoms. The Morgan fingerprint density at radius 2 is 2.00 bits per heavy atom. The molecule has 2 atom stereocenters. The monoisotopic (exact) mass is 374 g/mol. The molecule has 0 aromatic carbocycles. The number of hydrogen-bond donors (Lipinski definition) is 2. The Morgan fingerprint density at radius 3 is 2.67 bits per heavy atom. The van der Waals surface area contributed by atoms with E-state index in [1.807, 2.05) is 20.8 Å². The lowest BCUT2D eigenvalue weighted by Crippen LogP contribution is -2.47. The molecular weight excluding hydrogens is 348 g/mol. The van der Waals surface area contributed by atoms with E-state index in [0.717, 1.165) is 16.8 Å². The number of aryl methyl sites for hydroxylation is 3. The van der Waals surface area contributed by atoms with Crippen LogP contribution in [0.15, 0.2) is 4.79 Å². The zero-order valence-corrected chi connectivity index (χ0v) is 16.2. The van der Waals surface area contributed by atoms with Gasteiger partial charge in [0.05, 0.1) is 11.3 Å². The average molecular weight is 374 g/mol. The minimum atomic E-state index is -0.843. The van der Waals surface area contributed by atoms with Crippen LogP contribution in [-0.4, -0.2) is 49.2 Å². The molecule has 0 saturated carbocycles. The van der Waals surface area contributed by atoms with Crippen molar-refractivity contribution in [3.8, 4) is 0 Å². The number of H-pyrrole nitrogens is 1. The number of fused-ring (bicyclic) bond motifs is 1. The van der Waals surface area contributed by atoms with Gasteiger partial charge in [0.15, 0.2) is 5.65 Å². The first-order valence-corrected chi connectivity index (χ1v) is 9.27. The molecule has 0 spiro atoms. The Hall–Kier alpha value is -2.64. The number of amides is 1. The third-order valence-corrected chi connectivity index (χ3v) is 5.72. The van der Waals surface area contributed by atoms with Crippen molar-refractivity contribution >= 4 is 22.9 Å². The number of carboxylic acid groups (broad SMARTS) is 1. The average Bonchev–Trinajstić information content (AvgIpc) is 2.88. The quantitative estimate of drug-likeness (QED) is 0.843. The van der Waals surface area contributed by atoms with E-state index in [9.17, 15) is 19.5 Å². The molecule has 1 fully saturated rings. The van der Waals surface area contributed by atoms with Crippen LogP contribution in [0.3, 0.4) is 0 Å². The summed E-state index contributed by atoms with van der Waals surface area (Å²) >= 11 is 0. The number of likely N-dealkylation sites (tertiary alicyclic amines) is 1. The summed E-state index contributed by atoms with van der Waals surface area (Å²) in [5, 5.41) is 12.5. The fourth-order valence-electron chi connectivity index (χ4n) is 4.05. The summed E-state index contributed by atoms with van der Waals surface area (Å²) < 4.78 is 1.61. The number of nitrogens with one attached hydrogen (secondary N) is 1. The number of pyridine rings is 1. The highest BCUT2D eigenvalue weighted by atomic mass is 16.4. The zero-order chi connectivity index (χ0) is 19.9. The maximum atomic E-state index is 12.7. The van der Waals surface area contributed by atoms with Crippen LogP contribution in [0.1, 0.15) is 43.0 Å². The van der Waals surface area contributed by atoms with Crippen LogP contribution < -0.4 is 5.56 Å². The van der Waals surface area contributed by atoms with Crippen molar-refractivity contribution in [2.75, 3.05) is 6.54 Å². The maximum Gasteiger partial charge on any atom is 0.308 e. The molecule has 0 aliphatic carbocycles. The number of rotatable bonds is 4. The third kappa shape index (κ3) is 3.48. The smallest absolute Gasteiger partial charge is 0.308 e. The predicted molar refractivity (Wildman–Crippen MR) is 101 cm³/mol. The molecule has 1 saturated heterocycles. The number of carbonyl (C=O) groups is 2. The number of nitrogens with zero attached hydrogens (tertiary/aromatic N) is 3. The normalized spacial score (nSPS) is 20.2. The van der Waals surface area contributed by atoms with E-state index in [0.29, 0.717) is 30.3 Å². The van der Waals surface area contributed by atoms with Gasteiger partial charge in [-0.3, -0.25) is 24.2 Å². The molecule has 3 heterocycles. The largest absolute Gasteiger partial charge is 0.481 e. The first-order chi connectivity index (χ1) is 12.7. The fourth-order valence-corrected chi connectivity index (χ4v) is 4.05. The Labute approximate surface area is 157 Å². The van der Waals surface area contributed by atoms with Crippen molar-refractivity contribution in [1.29, 1.82) is 0 Å². The van der Waals surface area contributed by atoms with Gasteiger partial charge >= 0.3 is 5.97 Å². The number of carboxylic acids is 1. The summed E-state index contributed by atoms with van der Waals surface area (Å²) in [6.45, 7) is 6.00. The van der Waals surface area contributed by atoms with E-state index in [1.165, 1.54) is 0 Å². The molecule has 1 aliphatic rings. The van der Waals surface area contributed by atoms with Crippen molar-refractivity contribution in [3.05, 3.63) is 27.2 Å². The van der Waals surface area contributed by atoms with Crippen LogP contribution in [0.25, 0.3) is 11.0 Å². The van der Waals surface area contributed by atoms with Gasteiger partial charge in [-0.1, -0.05) is 0 Å². The SMILES string of the molecule is Cc1nc2c(c(C)c1CCC(=O)N1CC(C(=O)O)CCC1C)c(=O)[nH]n2C. The van der Waals surface area contributed by atoms with Gasteiger partial charge in [-0.25, -0.2) is 4.98 Å². The second-order valence-corrected chi connectivity index (χ2v) is 7.51. The van der Waals surface area contributed by atoms with Gasteiger partial charge in [0.1, 0.15) is 0 Å². The van der Waals surface area contributed by atoms with Crippen molar-refractivity contribution in [3.63, 3.8) is 0 Å². The van der Waals surface area contributed by atoms with Gasteiger partial charge in [-0.2, -0.15) is 0 Å². The number of aromatic amines is 1. The number of piperidine rings is 1. The van der Waals surface area contributed by atoms with Gasteiger partial charge in [-0.05, 0) is 51.2 Å². The van der Waals surface area contributed by atoms with Crippen molar-refractivity contribution < 1.29 is 14.7 Å². The predicted octanol–water partition coefficient (Wildman–Crippen LogP) is 1.52. The molecule has 1 aliphatic heterocycles. The summed E-state index contributed by atoms with van der Waals surface area (Å²) in [5.41, 5.74) is 2.99. The third-order valence-electron chi connectivity index (χ3n) is 5.72. The van der Waals surface area contributed by atoms with Crippen LogP contribution >= 0.6 is 0 Å². The highest BCUT2D eigenvalue weighted by Crippen LogP contribution is 2.25. The molecule has 146 valence electrons. The lowest BCUT2D eigenvalue weighted by atomic mass is 9.92. The molecule has 3 rings (SSSR count). The van der Waals surface area contributed by atoms with E-state index < -0.39 is 11.9 Å². The van der Waals surface area contributed by atoms with Gasteiger partial charge in [0.25, 0.3) is 5.56 Å². The molecule has 0 radical (unpaired) electrons. The lowest BCUT2D eigenvalue weighted by Gasteiger charge is -2.36. The molecule has 0 bridgehead atoms. The highest BCUT2D eigenvalue weighted by Gasteiger charge is 2.32. The fraction of sp³-hybridized carbons (Fsp3) is 0.579. The Kier molecular flexibility index (Phi) is 5.08. The second kappa shape index (κ2) is 7.17. The minimum Gasteiger partial charge on any atom is -0.481 e. The van der Waals surface area contributed by atoms with E-state index in [-0.39, 0.29) is 30.5 Å². The molecule has 2 unspecified atom stereocenters. The van der Waals surface area contributed by atoms with Crippen molar-refractivity contribution in [2.24, 2.45) is 13.0 Å². The van der Waals surface area contributed by atoms with E-state index in [1.54, 1.807) is 16.6 Å². The van der Waals surface area contributed by atoms with E-state index in [4.69, 9.17) is 0 Å². The van der Waals surface area contributed by atoms with Crippen LogP contribution in [0.4, 0.5) is 0 Å². The first kappa shape index (κ1) is 19.1. The standard InChI is InChI=1S/C19H26N4O4/c1-10-5-6-13(19(26)27)9-23(10)15(24)8-7-14-11(2)16-17(20-12(14)3)22(4)21-18(16)25/h10,13H,5-9H2,1-4H3,(H,21,25)(H,26,27). The molecule has 8 heteroatoms. The van der Waals surface area contributed by atoms with Crippen LogP contribution in [0, 0.1) is 19.8 Å². The number of aliphatic carboxylic acids is 1. The Balaban J connectivity index is 1.80. The summed E-state index contributed by atoms with van der Waals surface area (Å²) in [6, 6.07) is 0.0490. The summed E-state index contributed by atoms with van der Waals surface area (Å²) in [5.74, 6) is -1.38. The van der Waals surface area contributed by atoms with Gasteiger partial charge in [0.2, 0.25) is 5.91 Å². The molecule has 2 N–H and O–H groups in total. The Bertz CT molecular complexity index is 959. The summed E-state index contributed by atoms with van der Waals surface area (Å²) in [7, 11) is 1.75. The van der Waals surface area contributed by atoms with Gasteiger partial charge < -0.3 is 10.0 Å². The molecule has 1 amide bonds. The number of carbonyl (C=O) groups excluding carboxylic acids is 1. The first-order valence-electron chi connectivity index (χ1n) is 9.27. The van der Waals surface area contributed by atoms with Gasteiger partial charge in [0, 0.05) is 31.7 Å². The van der Waals surface area contributed by atoms with E-state index in [2.05, 4.69) is 10.1 Å². The highest BCUT2D eigenvalue weighted by molar-refractivity contribution is 5.81. The van der Waals surface area contributed by atoms with Crippen molar-refractivity contribution in [2.45, 2.75) is 52.5 Å². The van der Waals surface area contributed by atoms with Gasteiger partial charge in [-0.15, -0.1) is 0 Å². The molecule has 8 nitrogen and oxygen atoms in total. The van der Waals surface area contributed by atoms with Crippen molar-refractivity contribution in [1.82, 2.24) is 19.7 Å². The molecule has 2 aromatic heterocycles. The maximum absolute atomic E-state index is 12.7. The topological polar surface area (TPSA) is 108 Å². The van der Waals surface area contributed by atoms with Crippen LogP contribution in [0.5, 0.6) is 0 Å². The number of aromatic nitrogens is 3. The zero-order valence-electron chi connectivity index (χ0n) is 16.2. The molecular formula is C19H26N4O4. The van der Waals surface area contributed by atoms with Crippen LogP contribution in [-0.2, 0) is 23.1 Å². The molecule has 2 aromatic rings. The Morgan fingerprint density at radius 1 is 1.30 bits per heavy atom.